The van der Waals surface area contributed by atoms with Crippen molar-refractivity contribution in [1.29, 1.82) is 0 Å². The quantitative estimate of drug-likeness (QED) is 0.722. The topological polar surface area (TPSA) is 35.5 Å². The van der Waals surface area contributed by atoms with Crippen LogP contribution in [0.2, 0.25) is 0 Å². The summed E-state index contributed by atoms with van der Waals surface area (Å²) >= 11 is 0. The van der Waals surface area contributed by atoms with Gasteiger partial charge in [-0.2, -0.15) is 0 Å². The van der Waals surface area contributed by atoms with Gasteiger partial charge in [-0.25, -0.2) is 0 Å². The Balaban J connectivity index is 2.24. The number of nitrogens with one attached hydrogen (secondary N) is 1. The van der Waals surface area contributed by atoms with Crippen LogP contribution in [0.15, 0.2) is 0 Å². The Labute approximate surface area is 100 Å². The zero-order valence-electron chi connectivity index (χ0n) is 11.1. The molecule has 3 atom stereocenters. The Hall–Kier alpha value is -0.120. The Morgan fingerprint density at radius 3 is 2.81 bits per heavy atom. The molecule has 0 aliphatic heterocycles. The summed E-state index contributed by atoms with van der Waals surface area (Å²) in [4.78, 5) is 2.34. The third-order valence-corrected chi connectivity index (χ3v) is 3.66. The zero-order chi connectivity index (χ0) is 12.0. The molecule has 0 amide bonds. The summed E-state index contributed by atoms with van der Waals surface area (Å²) in [5, 5.41) is 13.0. The van der Waals surface area contributed by atoms with E-state index in [0.717, 1.165) is 19.0 Å². The van der Waals surface area contributed by atoms with Crippen LogP contribution in [0.25, 0.3) is 0 Å². The lowest BCUT2D eigenvalue weighted by atomic mass is 9.86. The highest BCUT2D eigenvalue weighted by molar-refractivity contribution is 4.78. The molecule has 0 aromatic rings. The summed E-state index contributed by atoms with van der Waals surface area (Å²) < 4.78 is 0. The normalized spacial score (nSPS) is 28.3. The first-order chi connectivity index (χ1) is 7.63. The van der Waals surface area contributed by atoms with E-state index in [1.165, 1.54) is 25.7 Å². The molecule has 3 nitrogen and oxygen atoms in total. The Kier molecular flexibility index (Phi) is 6.32. The lowest BCUT2D eigenvalue weighted by molar-refractivity contribution is 0.0830. The Morgan fingerprint density at radius 2 is 2.19 bits per heavy atom. The molecule has 0 radical (unpaired) electrons. The van der Waals surface area contributed by atoms with Crippen molar-refractivity contribution in [3.05, 3.63) is 0 Å². The number of hydrogen-bond donors (Lipinski definition) is 2. The maximum absolute atomic E-state index is 9.84. The van der Waals surface area contributed by atoms with Crippen LogP contribution >= 0.6 is 0 Å². The van der Waals surface area contributed by atoms with Gasteiger partial charge in [-0.15, -0.1) is 0 Å². The van der Waals surface area contributed by atoms with Crippen LogP contribution in [0.1, 0.15) is 39.5 Å². The minimum atomic E-state index is -0.234. The van der Waals surface area contributed by atoms with Gasteiger partial charge in [-0.1, -0.05) is 26.7 Å². The monoisotopic (exact) mass is 228 g/mol. The van der Waals surface area contributed by atoms with Crippen LogP contribution < -0.4 is 5.32 Å². The van der Waals surface area contributed by atoms with Crippen LogP contribution in [-0.4, -0.2) is 48.8 Å². The molecule has 1 aliphatic carbocycles. The molecule has 1 fully saturated rings. The van der Waals surface area contributed by atoms with Crippen LogP contribution in [0.3, 0.4) is 0 Å². The molecule has 1 rings (SSSR count). The SMILES string of the molecule is CCNCC(O)CN(C)C1CCCC(C)C1. The highest BCUT2D eigenvalue weighted by atomic mass is 16.3. The second-order valence-corrected chi connectivity index (χ2v) is 5.33. The van der Waals surface area contributed by atoms with Gasteiger partial charge in [0.2, 0.25) is 0 Å². The number of likely N-dealkylation sites (N-methyl/N-ethyl adjacent to an activating group) is 2. The van der Waals surface area contributed by atoms with Crippen molar-refractivity contribution in [2.24, 2.45) is 5.92 Å². The predicted molar refractivity (Wildman–Crippen MR) is 68.6 cm³/mol. The molecular weight excluding hydrogens is 200 g/mol. The standard InChI is InChI=1S/C13H28N2O/c1-4-14-9-13(16)10-15(3)12-7-5-6-11(2)8-12/h11-14,16H,4-10H2,1-3H3. The fourth-order valence-electron chi connectivity index (χ4n) is 2.66. The van der Waals surface area contributed by atoms with Gasteiger partial charge in [0, 0.05) is 19.1 Å². The van der Waals surface area contributed by atoms with Crippen LogP contribution in [-0.2, 0) is 0 Å². The van der Waals surface area contributed by atoms with Crippen molar-refractivity contribution >= 4 is 0 Å². The molecule has 0 spiro atoms. The summed E-state index contributed by atoms with van der Waals surface area (Å²) in [6, 6.07) is 0.681. The summed E-state index contributed by atoms with van der Waals surface area (Å²) in [6.07, 6.45) is 5.09. The average molecular weight is 228 g/mol. The predicted octanol–water partition coefficient (Wildman–Crippen LogP) is 1.47. The van der Waals surface area contributed by atoms with Crippen LogP contribution in [0, 0.1) is 5.92 Å². The summed E-state index contributed by atoms with van der Waals surface area (Å²) in [6.45, 7) is 6.85. The van der Waals surface area contributed by atoms with Gasteiger partial charge in [0.25, 0.3) is 0 Å². The van der Waals surface area contributed by atoms with Gasteiger partial charge >= 0.3 is 0 Å². The summed E-state index contributed by atoms with van der Waals surface area (Å²) in [5.41, 5.74) is 0. The molecule has 0 aromatic carbocycles. The maximum atomic E-state index is 9.84. The van der Waals surface area contributed by atoms with Gasteiger partial charge in [0.15, 0.2) is 0 Å². The maximum Gasteiger partial charge on any atom is 0.0791 e. The van der Waals surface area contributed by atoms with Gasteiger partial charge in [-0.3, -0.25) is 0 Å². The molecule has 0 bridgehead atoms. The lowest BCUT2D eigenvalue weighted by Crippen LogP contribution is -2.43. The largest absolute Gasteiger partial charge is 0.390 e. The van der Waals surface area contributed by atoms with E-state index in [0.29, 0.717) is 12.6 Å². The van der Waals surface area contributed by atoms with Gasteiger partial charge < -0.3 is 15.3 Å². The number of hydrogen-bond acceptors (Lipinski definition) is 3. The molecule has 3 heteroatoms. The highest BCUT2D eigenvalue weighted by Crippen LogP contribution is 2.26. The minimum absolute atomic E-state index is 0.234. The van der Waals surface area contributed by atoms with Crippen molar-refractivity contribution in [2.75, 3.05) is 26.7 Å². The van der Waals surface area contributed by atoms with Gasteiger partial charge in [0.05, 0.1) is 6.10 Å². The van der Waals surface area contributed by atoms with E-state index in [2.05, 4.69) is 31.1 Å². The smallest absolute Gasteiger partial charge is 0.0791 e. The van der Waals surface area contributed by atoms with E-state index in [1.54, 1.807) is 0 Å². The first-order valence-corrected chi connectivity index (χ1v) is 6.72. The fraction of sp³-hybridized carbons (Fsp3) is 1.00. The first kappa shape index (κ1) is 13.9. The molecule has 3 unspecified atom stereocenters. The molecule has 2 N–H and O–H groups in total. The third kappa shape index (κ3) is 4.81. The molecule has 0 saturated heterocycles. The average Bonchev–Trinajstić information content (AvgIpc) is 2.26. The fourth-order valence-corrected chi connectivity index (χ4v) is 2.66. The van der Waals surface area contributed by atoms with Crippen molar-refractivity contribution < 1.29 is 5.11 Å². The second-order valence-electron chi connectivity index (χ2n) is 5.33. The lowest BCUT2D eigenvalue weighted by Gasteiger charge is -2.35. The molecule has 16 heavy (non-hydrogen) atoms. The summed E-state index contributed by atoms with van der Waals surface area (Å²) in [5.74, 6) is 0.854. The number of aliphatic hydroxyl groups excluding tert-OH is 1. The van der Waals surface area contributed by atoms with E-state index in [-0.39, 0.29) is 6.10 Å². The van der Waals surface area contributed by atoms with E-state index >= 15 is 0 Å². The van der Waals surface area contributed by atoms with Crippen molar-refractivity contribution in [3.8, 4) is 0 Å². The summed E-state index contributed by atoms with van der Waals surface area (Å²) in [7, 11) is 2.15. The second kappa shape index (κ2) is 7.25. The molecule has 0 heterocycles. The molecule has 0 aromatic heterocycles. The van der Waals surface area contributed by atoms with Gasteiger partial charge in [0.1, 0.15) is 0 Å². The van der Waals surface area contributed by atoms with E-state index in [1.807, 2.05) is 0 Å². The zero-order valence-corrected chi connectivity index (χ0v) is 11.1. The van der Waals surface area contributed by atoms with Crippen LogP contribution in [0.5, 0.6) is 0 Å². The van der Waals surface area contributed by atoms with E-state index in [4.69, 9.17) is 0 Å². The van der Waals surface area contributed by atoms with Crippen molar-refractivity contribution in [3.63, 3.8) is 0 Å². The van der Waals surface area contributed by atoms with E-state index < -0.39 is 0 Å². The minimum Gasteiger partial charge on any atom is -0.390 e. The Morgan fingerprint density at radius 1 is 1.44 bits per heavy atom. The number of nitrogens with zero attached hydrogens (tertiary/aromatic N) is 1. The Bertz CT molecular complexity index is 187. The van der Waals surface area contributed by atoms with Crippen molar-refractivity contribution in [2.45, 2.75) is 51.7 Å². The number of aliphatic hydroxyl groups is 1. The third-order valence-electron chi connectivity index (χ3n) is 3.66. The molecule has 1 saturated carbocycles. The number of rotatable bonds is 6. The molecule has 1 aliphatic rings. The highest BCUT2D eigenvalue weighted by Gasteiger charge is 2.23. The molecular formula is C13H28N2O. The van der Waals surface area contributed by atoms with Crippen molar-refractivity contribution in [1.82, 2.24) is 10.2 Å². The van der Waals surface area contributed by atoms with Gasteiger partial charge in [-0.05, 0) is 32.4 Å². The van der Waals surface area contributed by atoms with Crippen LogP contribution in [0.4, 0.5) is 0 Å². The first-order valence-electron chi connectivity index (χ1n) is 6.72. The molecule has 96 valence electrons. The van der Waals surface area contributed by atoms with E-state index in [9.17, 15) is 5.11 Å².